The molecule has 1 saturated heterocycles. The van der Waals surface area contributed by atoms with Crippen molar-refractivity contribution in [2.24, 2.45) is 0 Å². The maximum absolute atomic E-state index is 11.5. The quantitative estimate of drug-likeness (QED) is 0.601. The highest BCUT2D eigenvalue weighted by Gasteiger charge is 2.24. The smallest absolute Gasteiger partial charge is 0.146 e. The van der Waals surface area contributed by atoms with Gasteiger partial charge in [0.05, 0.1) is 6.04 Å². The van der Waals surface area contributed by atoms with Crippen LogP contribution in [0.1, 0.15) is 71.6 Å². The van der Waals surface area contributed by atoms with E-state index in [9.17, 15) is 4.79 Å². The molecular formula is C15H29NO. The first kappa shape index (κ1) is 14.7. The van der Waals surface area contributed by atoms with E-state index in [1.807, 2.05) is 0 Å². The number of carbonyl (C=O) groups excluding carboxylic acids is 1. The molecule has 1 atom stereocenters. The second kappa shape index (κ2) is 8.68. The summed E-state index contributed by atoms with van der Waals surface area (Å²) >= 11 is 0. The molecule has 2 heteroatoms. The standard InChI is InChI=1S/C15H29NO/c1-3-4-5-6-7-9-12-16-13-10-8-11-15(16)14(2)17/h15H,3-13H2,1-2H3. The van der Waals surface area contributed by atoms with Gasteiger partial charge in [0.15, 0.2) is 0 Å². The molecule has 1 heterocycles. The molecule has 0 aromatic rings. The summed E-state index contributed by atoms with van der Waals surface area (Å²) in [6.07, 6.45) is 11.6. The van der Waals surface area contributed by atoms with E-state index in [1.165, 1.54) is 51.4 Å². The van der Waals surface area contributed by atoms with Gasteiger partial charge in [-0.2, -0.15) is 0 Å². The molecule has 0 saturated carbocycles. The van der Waals surface area contributed by atoms with Gasteiger partial charge in [-0.15, -0.1) is 0 Å². The fourth-order valence-corrected chi connectivity index (χ4v) is 2.81. The third kappa shape index (κ3) is 5.67. The summed E-state index contributed by atoms with van der Waals surface area (Å²) in [5, 5.41) is 0. The van der Waals surface area contributed by atoms with E-state index in [0.29, 0.717) is 5.78 Å². The Morgan fingerprint density at radius 1 is 1.12 bits per heavy atom. The summed E-state index contributed by atoms with van der Waals surface area (Å²) in [5.74, 6) is 0.371. The van der Waals surface area contributed by atoms with Crippen molar-refractivity contribution in [3.8, 4) is 0 Å². The minimum Gasteiger partial charge on any atom is -0.298 e. The van der Waals surface area contributed by atoms with Crippen molar-refractivity contribution in [2.45, 2.75) is 77.7 Å². The Morgan fingerprint density at radius 3 is 2.53 bits per heavy atom. The van der Waals surface area contributed by atoms with Crippen molar-refractivity contribution in [3.63, 3.8) is 0 Å². The topological polar surface area (TPSA) is 20.3 Å². The zero-order valence-electron chi connectivity index (χ0n) is 11.7. The Kier molecular flexibility index (Phi) is 7.50. The average molecular weight is 239 g/mol. The Hall–Kier alpha value is -0.370. The maximum Gasteiger partial charge on any atom is 0.146 e. The molecule has 0 radical (unpaired) electrons. The summed E-state index contributed by atoms with van der Waals surface area (Å²) in [4.78, 5) is 14.0. The van der Waals surface area contributed by atoms with E-state index in [4.69, 9.17) is 0 Å². The lowest BCUT2D eigenvalue weighted by Gasteiger charge is -2.34. The van der Waals surface area contributed by atoms with E-state index < -0.39 is 0 Å². The van der Waals surface area contributed by atoms with Crippen molar-refractivity contribution >= 4 is 5.78 Å². The Bertz CT molecular complexity index is 215. The number of hydrogen-bond donors (Lipinski definition) is 0. The van der Waals surface area contributed by atoms with Crippen LogP contribution in [0.2, 0.25) is 0 Å². The van der Waals surface area contributed by atoms with Crippen LogP contribution in [-0.4, -0.2) is 29.8 Å². The van der Waals surface area contributed by atoms with Gasteiger partial charge in [0.25, 0.3) is 0 Å². The number of likely N-dealkylation sites (tertiary alicyclic amines) is 1. The fraction of sp³-hybridized carbons (Fsp3) is 0.933. The molecule has 1 aliphatic heterocycles. The molecule has 0 bridgehead atoms. The first-order valence-electron chi connectivity index (χ1n) is 7.50. The van der Waals surface area contributed by atoms with E-state index in [1.54, 1.807) is 6.92 Å². The highest BCUT2D eigenvalue weighted by Crippen LogP contribution is 2.18. The summed E-state index contributed by atoms with van der Waals surface area (Å²) in [6.45, 7) is 6.28. The number of Topliss-reactive ketones (excluding diaryl/α,β-unsaturated/α-hetero) is 1. The number of ketones is 1. The molecular weight excluding hydrogens is 210 g/mol. The lowest BCUT2D eigenvalue weighted by Crippen LogP contribution is -2.44. The number of rotatable bonds is 8. The monoisotopic (exact) mass is 239 g/mol. The van der Waals surface area contributed by atoms with Gasteiger partial charge in [-0.25, -0.2) is 0 Å². The molecule has 0 amide bonds. The third-order valence-electron chi connectivity index (χ3n) is 3.88. The highest BCUT2D eigenvalue weighted by atomic mass is 16.1. The van der Waals surface area contributed by atoms with E-state index >= 15 is 0 Å². The molecule has 1 unspecified atom stereocenters. The number of nitrogens with zero attached hydrogens (tertiary/aromatic N) is 1. The van der Waals surface area contributed by atoms with Crippen LogP contribution < -0.4 is 0 Å². The number of piperidine rings is 1. The molecule has 100 valence electrons. The first-order valence-corrected chi connectivity index (χ1v) is 7.50. The second-order valence-corrected chi connectivity index (χ2v) is 5.43. The van der Waals surface area contributed by atoms with Crippen LogP contribution in [0.3, 0.4) is 0 Å². The SMILES string of the molecule is CCCCCCCCN1CCCCC1C(C)=O. The van der Waals surface area contributed by atoms with Gasteiger partial charge in [0.2, 0.25) is 0 Å². The molecule has 1 fully saturated rings. The first-order chi connectivity index (χ1) is 8.25. The summed E-state index contributed by atoms with van der Waals surface area (Å²) < 4.78 is 0. The lowest BCUT2D eigenvalue weighted by atomic mass is 9.98. The van der Waals surface area contributed by atoms with Crippen molar-refractivity contribution in [3.05, 3.63) is 0 Å². The summed E-state index contributed by atoms with van der Waals surface area (Å²) in [6, 6.07) is 0.236. The van der Waals surface area contributed by atoms with Crippen LogP contribution in [0.15, 0.2) is 0 Å². The molecule has 0 aromatic carbocycles. The van der Waals surface area contributed by atoms with Gasteiger partial charge in [0, 0.05) is 0 Å². The van der Waals surface area contributed by atoms with Crippen LogP contribution >= 0.6 is 0 Å². The van der Waals surface area contributed by atoms with Crippen molar-refractivity contribution < 1.29 is 4.79 Å². The predicted octanol–water partition coefficient (Wildman–Crippen LogP) is 3.79. The van der Waals surface area contributed by atoms with Gasteiger partial charge in [-0.1, -0.05) is 45.4 Å². The molecule has 1 rings (SSSR count). The fourth-order valence-electron chi connectivity index (χ4n) is 2.81. The molecule has 2 nitrogen and oxygen atoms in total. The molecule has 0 aromatic heterocycles. The zero-order valence-corrected chi connectivity index (χ0v) is 11.7. The molecule has 1 aliphatic rings. The van der Waals surface area contributed by atoms with Gasteiger partial charge >= 0.3 is 0 Å². The number of hydrogen-bond acceptors (Lipinski definition) is 2. The van der Waals surface area contributed by atoms with E-state index in [2.05, 4.69) is 11.8 Å². The summed E-state index contributed by atoms with van der Waals surface area (Å²) in [7, 11) is 0. The highest BCUT2D eigenvalue weighted by molar-refractivity contribution is 5.81. The Labute approximate surface area is 107 Å². The van der Waals surface area contributed by atoms with E-state index in [-0.39, 0.29) is 6.04 Å². The van der Waals surface area contributed by atoms with Crippen molar-refractivity contribution in [1.82, 2.24) is 4.90 Å². The van der Waals surface area contributed by atoms with Crippen LogP contribution in [0, 0.1) is 0 Å². The maximum atomic E-state index is 11.5. The molecule has 0 spiro atoms. The van der Waals surface area contributed by atoms with Crippen molar-refractivity contribution in [2.75, 3.05) is 13.1 Å². The van der Waals surface area contributed by atoms with E-state index in [0.717, 1.165) is 19.5 Å². The Morgan fingerprint density at radius 2 is 1.82 bits per heavy atom. The zero-order chi connectivity index (χ0) is 12.5. The Balaban J connectivity index is 2.13. The number of carbonyl (C=O) groups is 1. The van der Waals surface area contributed by atoms with Crippen LogP contribution in [-0.2, 0) is 4.79 Å². The molecule has 0 aliphatic carbocycles. The van der Waals surface area contributed by atoms with Gasteiger partial charge in [0.1, 0.15) is 5.78 Å². The van der Waals surface area contributed by atoms with Gasteiger partial charge in [-0.05, 0) is 39.3 Å². The minimum absolute atomic E-state index is 0.236. The van der Waals surface area contributed by atoms with Crippen LogP contribution in [0.5, 0.6) is 0 Å². The summed E-state index contributed by atoms with van der Waals surface area (Å²) in [5.41, 5.74) is 0. The predicted molar refractivity (Wildman–Crippen MR) is 73.3 cm³/mol. The number of unbranched alkanes of at least 4 members (excludes halogenated alkanes) is 5. The van der Waals surface area contributed by atoms with Crippen LogP contribution in [0.4, 0.5) is 0 Å². The average Bonchev–Trinajstić information content (AvgIpc) is 2.34. The normalized spacial score (nSPS) is 21.6. The molecule has 0 N–H and O–H groups in total. The van der Waals surface area contributed by atoms with Gasteiger partial charge < -0.3 is 0 Å². The van der Waals surface area contributed by atoms with Gasteiger partial charge in [-0.3, -0.25) is 9.69 Å². The van der Waals surface area contributed by atoms with Crippen LogP contribution in [0.25, 0.3) is 0 Å². The second-order valence-electron chi connectivity index (χ2n) is 5.43. The third-order valence-corrected chi connectivity index (χ3v) is 3.88. The van der Waals surface area contributed by atoms with Crippen molar-refractivity contribution in [1.29, 1.82) is 0 Å². The minimum atomic E-state index is 0.236. The lowest BCUT2D eigenvalue weighted by molar-refractivity contribution is -0.123. The largest absolute Gasteiger partial charge is 0.298 e. The molecule has 17 heavy (non-hydrogen) atoms.